The highest BCUT2D eigenvalue weighted by Crippen LogP contribution is 2.43. The number of nitrogens with zero attached hydrogens (tertiary/aromatic N) is 5. The van der Waals surface area contributed by atoms with E-state index in [1.54, 1.807) is 16.8 Å². The van der Waals surface area contributed by atoms with Crippen molar-refractivity contribution in [3.8, 4) is 11.4 Å². The van der Waals surface area contributed by atoms with Gasteiger partial charge in [0.1, 0.15) is 6.17 Å². The summed E-state index contributed by atoms with van der Waals surface area (Å²) in [5.41, 5.74) is 4.82. The zero-order chi connectivity index (χ0) is 23.7. The van der Waals surface area contributed by atoms with E-state index in [4.69, 9.17) is 9.26 Å². The molecule has 0 unspecified atom stereocenters. The Morgan fingerprint density at radius 1 is 1.23 bits per heavy atom. The molecule has 7 rings (SSSR count). The van der Waals surface area contributed by atoms with Crippen LogP contribution >= 0.6 is 0 Å². The molecule has 35 heavy (non-hydrogen) atoms. The lowest BCUT2D eigenvalue weighted by molar-refractivity contribution is -0.127. The number of halogens is 1. The Bertz CT molecular complexity index is 1470. The molecule has 1 aliphatic carbocycles. The van der Waals surface area contributed by atoms with E-state index in [2.05, 4.69) is 25.5 Å². The highest BCUT2D eigenvalue weighted by molar-refractivity contribution is 6.09. The Morgan fingerprint density at radius 2 is 2.06 bits per heavy atom. The summed E-state index contributed by atoms with van der Waals surface area (Å²) in [6.07, 6.45) is 2.98. The molecule has 1 saturated carbocycles. The average Bonchev–Trinajstić information content (AvgIpc) is 3.19. The van der Waals surface area contributed by atoms with Crippen LogP contribution in [0.1, 0.15) is 34.2 Å². The first-order chi connectivity index (χ1) is 17.0. The van der Waals surface area contributed by atoms with Crippen molar-refractivity contribution in [3.05, 3.63) is 59.7 Å². The number of hydrogen-bond donors (Lipinski definition) is 1. The van der Waals surface area contributed by atoms with E-state index in [9.17, 15) is 9.18 Å². The molecule has 3 aromatic heterocycles. The first-order valence-electron chi connectivity index (χ1n) is 11.7. The predicted molar refractivity (Wildman–Crippen MR) is 125 cm³/mol. The molecular formula is C25H23FN6O3. The van der Waals surface area contributed by atoms with Gasteiger partial charge in [-0.3, -0.25) is 4.79 Å². The molecule has 3 fully saturated rings. The molecule has 2 aliphatic heterocycles. The topological polar surface area (TPSA) is 97.8 Å². The summed E-state index contributed by atoms with van der Waals surface area (Å²) < 4.78 is 25.6. The van der Waals surface area contributed by atoms with Gasteiger partial charge in [0.05, 0.1) is 41.8 Å². The molecule has 2 saturated heterocycles. The van der Waals surface area contributed by atoms with Crippen LogP contribution in [0, 0.1) is 12.3 Å². The van der Waals surface area contributed by atoms with Crippen LogP contribution in [-0.2, 0) is 4.74 Å². The third-order valence-electron chi connectivity index (χ3n) is 7.20. The van der Waals surface area contributed by atoms with E-state index in [0.29, 0.717) is 40.4 Å². The third-order valence-corrected chi connectivity index (χ3v) is 7.20. The molecule has 1 amide bonds. The summed E-state index contributed by atoms with van der Waals surface area (Å²) in [4.78, 5) is 19.9. The number of ether oxygens (including phenoxy) is 1. The lowest BCUT2D eigenvalue weighted by Gasteiger charge is -2.56. The SMILES string of the molecule is Cc1ccc(-c2noc([C@H]3C[C@@H]3F)n2)cc1NC(=O)c1cnn2ccc(N3CC4(COC4)C3)cc12. The van der Waals surface area contributed by atoms with Gasteiger partial charge in [-0.1, -0.05) is 17.3 Å². The molecule has 9 nitrogen and oxygen atoms in total. The highest BCUT2D eigenvalue weighted by Gasteiger charge is 2.49. The van der Waals surface area contributed by atoms with Gasteiger partial charge in [0.2, 0.25) is 11.7 Å². The molecule has 1 N–H and O–H groups in total. The van der Waals surface area contributed by atoms with Crippen LogP contribution in [0.25, 0.3) is 16.9 Å². The molecule has 1 spiro atoms. The van der Waals surface area contributed by atoms with Crippen LogP contribution in [0.2, 0.25) is 0 Å². The summed E-state index contributed by atoms with van der Waals surface area (Å²) in [6, 6.07) is 9.57. The number of fused-ring (bicyclic) bond motifs is 1. The van der Waals surface area contributed by atoms with Gasteiger partial charge in [-0.15, -0.1) is 0 Å². The van der Waals surface area contributed by atoms with Crippen LogP contribution < -0.4 is 10.2 Å². The molecular weight excluding hydrogens is 451 g/mol. The van der Waals surface area contributed by atoms with Gasteiger partial charge in [-0.05, 0) is 37.1 Å². The number of benzene rings is 1. The fourth-order valence-electron chi connectivity index (χ4n) is 4.87. The minimum atomic E-state index is -0.906. The molecule has 1 aromatic carbocycles. The number of pyridine rings is 1. The summed E-state index contributed by atoms with van der Waals surface area (Å²) in [6.45, 7) is 5.50. The largest absolute Gasteiger partial charge is 0.380 e. The number of aryl methyl sites for hydroxylation is 1. The minimum Gasteiger partial charge on any atom is -0.380 e. The van der Waals surface area contributed by atoms with Crippen molar-refractivity contribution in [2.45, 2.75) is 25.4 Å². The fourth-order valence-corrected chi connectivity index (χ4v) is 4.87. The summed E-state index contributed by atoms with van der Waals surface area (Å²) in [7, 11) is 0. The lowest BCUT2D eigenvalue weighted by Crippen LogP contribution is -2.66. The van der Waals surface area contributed by atoms with Crippen molar-refractivity contribution in [2.24, 2.45) is 5.41 Å². The van der Waals surface area contributed by atoms with Gasteiger partial charge in [-0.2, -0.15) is 10.1 Å². The second-order valence-electron chi connectivity index (χ2n) is 9.92. The van der Waals surface area contributed by atoms with Crippen molar-refractivity contribution in [1.82, 2.24) is 19.8 Å². The van der Waals surface area contributed by atoms with E-state index in [1.807, 2.05) is 37.4 Å². The van der Waals surface area contributed by atoms with E-state index >= 15 is 0 Å². The van der Waals surface area contributed by atoms with E-state index < -0.39 is 6.17 Å². The molecule has 0 radical (unpaired) electrons. The van der Waals surface area contributed by atoms with Crippen molar-refractivity contribution in [2.75, 3.05) is 36.5 Å². The smallest absolute Gasteiger partial charge is 0.259 e. The van der Waals surface area contributed by atoms with E-state index in [1.165, 1.54) is 0 Å². The first-order valence-corrected chi connectivity index (χ1v) is 11.7. The molecule has 10 heteroatoms. The number of hydrogen-bond acceptors (Lipinski definition) is 7. The number of carbonyl (C=O) groups excluding carboxylic acids is 1. The van der Waals surface area contributed by atoms with Crippen molar-refractivity contribution >= 4 is 22.8 Å². The van der Waals surface area contributed by atoms with E-state index in [0.717, 1.165) is 43.1 Å². The highest BCUT2D eigenvalue weighted by atomic mass is 19.1. The van der Waals surface area contributed by atoms with Crippen LogP contribution in [-0.4, -0.2) is 58.1 Å². The van der Waals surface area contributed by atoms with Crippen LogP contribution in [0.15, 0.2) is 47.2 Å². The first kappa shape index (κ1) is 20.6. The molecule has 0 bridgehead atoms. The predicted octanol–water partition coefficient (Wildman–Crippen LogP) is 3.61. The Labute approximate surface area is 199 Å². The maximum absolute atomic E-state index is 13.3. The minimum absolute atomic E-state index is 0.253. The standard InChI is InChI=1S/C25H23FN6O3/c1-14-2-3-15(22-29-24(35-30-22)17-8-19(17)26)6-20(14)28-23(33)18-9-27-32-5-4-16(7-21(18)32)31-10-25(11-31)12-34-13-25/h2-7,9,17,19H,8,10-13H2,1H3,(H,28,33)/t17-,19-/m0/s1. The van der Waals surface area contributed by atoms with Crippen molar-refractivity contribution in [3.63, 3.8) is 0 Å². The number of anilines is 2. The maximum Gasteiger partial charge on any atom is 0.259 e. The molecule has 4 aromatic rings. The number of nitrogens with one attached hydrogen (secondary N) is 1. The zero-order valence-electron chi connectivity index (χ0n) is 19.1. The molecule has 178 valence electrons. The Hall–Kier alpha value is -3.79. The quantitative estimate of drug-likeness (QED) is 0.472. The van der Waals surface area contributed by atoms with E-state index in [-0.39, 0.29) is 11.8 Å². The Kier molecular flexibility index (Phi) is 4.32. The van der Waals surface area contributed by atoms with Gasteiger partial charge in [0, 0.05) is 36.2 Å². The Morgan fingerprint density at radius 3 is 2.80 bits per heavy atom. The molecule has 2 atom stereocenters. The zero-order valence-corrected chi connectivity index (χ0v) is 19.1. The van der Waals surface area contributed by atoms with Crippen LogP contribution in [0.5, 0.6) is 0 Å². The van der Waals surface area contributed by atoms with Gasteiger partial charge in [0.25, 0.3) is 5.91 Å². The normalized spacial score (nSPS) is 22.2. The molecule has 5 heterocycles. The fraction of sp³-hybridized carbons (Fsp3) is 0.360. The second kappa shape index (κ2) is 7.35. The molecule has 3 aliphatic rings. The average molecular weight is 474 g/mol. The van der Waals surface area contributed by atoms with Gasteiger partial charge in [-0.25, -0.2) is 8.91 Å². The summed E-state index contributed by atoms with van der Waals surface area (Å²) in [5, 5.41) is 11.3. The van der Waals surface area contributed by atoms with Gasteiger partial charge in [0.15, 0.2) is 0 Å². The van der Waals surface area contributed by atoms with Gasteiger partial charge >= 0.3 is 0 Å². The summed E-state index contributed by atoms with van der Waals surface area (Å²) >= 11 is 0. The number of aromatic nitrogens is 4. The van der Waals surface area contributed by atoms with Crippen LogP contribution in [0.4, 0.5) is 15.8 Å². The number of amides is 1. The lowest BCUT2D eigenvalue weighted by atomic mass is 9.78. The number of carbonyl (C=O) groups is 1. The Balaban J connectivity index is 1.13. The number of alkyl halides is 1. The second-order valence-corrected chi connectivity index (χ2v) is 9.92. The van der Waals surface area contributed by atoms with Crippen molar-refractivity contribution < 1.29 is 18.4 Å². The van der Waals surface area contributed by atoms with Crippen LogP contribution in [0.3, 0.4) is 0 Å². The number of rotatable bonds is 5. The van der Waals surface area contributed by atoms with Gasteiger partial charge < -0.3 is 19.5 Å². The third kappa shape index (κ3) is 3.39. The van der Waals surface area contributed by atoms with Crippen molar-refractivity contribution in [1.29, 1.82) is 0 Å². The summed E-state index contributed by atoms with van der Waals surface area (Å²) in [5.74, 6) is 0.139. The monoisotopic (exact) mass is 474 g/mol. The maximum atomic E-state index is 13.3.